The predicted molar refractivity (Wildman–Crippen MR) is 115 cm³/mol. The SMILES string of the molecule is C=C[C@H]1CN2CCC1C[C@H]2[C@H](O)c1cc(OC(=O)C(=C)C)nc2ccc(OC)cc12. The van der Waals surface area contributed by atoms with E-state index in [4.69, 9.17) is 9.47 Å². The first-order chi connectivity index (χ1) is 14.4. The van der Waals surface area contributed by atoms with Crippen molar-refractivity contribution in [3.63, 3.8) is 0 Å². The molecule has 3 fully saturated rings. The second-order valence-electron chi connectivity index (χ2n) is 8.29. The number of aliphatic hydroxyl groups excluding tert-OH is 1. The minimum atomic E-state index is -0.738. The Morgan fingerprint density at radius 2 is 2.20 bits per heavy atom. The number of carbonyl (C=O) groups is 1. The lowest BCUT2D eigenvalue weighted by Crippen LogP contribution is -2.54. The van der Waals surface area contributed by atoms with Crippen molar-refractivity contribution < 1.29 is 19.4 Å². The van der Waals surface area contributed by atoms with E-state index in [-0.39, 0.29) is 11.9 Å². The van der Waals surface area contributed by atoms with E-state index in [9.17, 15) is 9.90 Å². The molecule has 1 aromatic carbocycles. The molecule has 2 bridgehead atoms. The molecule has 2 aromatic rings. The Hall–Kier alpha value is -2.70. The van der Waals surface area contributed by atoms with Gasteiger partial charge in [-0.3, -0.25) is 4.90 Å². The van der Waals surface area contributed by atoms with Crippen LogP contribution in [0.2, 0.25) is 0 Å². The minimum absolute atomic E-state index is 0.00134. The van der Waals surface area contributed by atoms with Crippen LogP contribution in [0.15, 0.2) is 49.1 Å². The summed E-state index contributed by atoms with van der Waals surface area (Å²) in [6.07, 6.45) is 3.35. The molecule has 4 heterocycles. The van der Waals surface area contributed by atoms with Crippen molar-refractivity contribution in [2.75, 3.05) is 20.2 Å². The van der Waals surface area contributed by atoms with Gasteiger partial charge in [0.05, 0.1) is 18.7 Å². The van der Waals surface area contributed by atoms with Crippen LogP contribution in [0.25, 0.3) is 10.9 Å². The van der Waals surface area contributed by atoms with Crippen LogP contribution in [-0.4, -0.2) is 47.2 Å². The molecule has 0 aliphatic carbocycles. The summed E-state index contributed by atoms with van der Waals surface area (Å²) in [5.41, 5.74) is 1.62. The Labute approximate surface area is 176 Å². The Morgan fingerprint density at radius 3 is 2.83 bits per heavy atom. The molecule has 0 amide bonds. The number of ether oxygens (including phenoxy) is 2. The molecule has 3 saturated heterocycles. The summed E-state index contributed by atoms with van der Waals surface area (Å²) in [4.78, 5) is 18.9. The molecule has 5 atom stereocenters. The number of methoxy groups -OCH3 is 1. The van der Waals surface area contributed by atoms with Crippen LogP contribution in [-0.2, 0) is 4.79 Å². The highest BCUT2D eigenvalue weighted by Gasteiger charge is 2.42. The lowest BCUT2D eigenvalue weighted by Gasteiger charge is -2.50. The largest absolute Gasteiger partial charge is 0.497 e. The Kier molecular flexibility index (Phi) is 5.62. The number of fused-ring (bicyclic) bond motifs is 4. The summed E-state index contributed by atoms with van der Waals surface area (Å²) < 4.78 is 10.8. The monoisotopic (exact) mass is 408 g/mol. The summed E-state index contributed by atoms with van der Waals surface area (Å²) in [6, 6.07) is 7.15. The fourth-order valence-corrected chi connectivity index (χ4v) is 4.72. The van der Waals surface area contributed by atoms with Gasteiger partial charge in [0, 0.05) is 29.6 Å². The Bertz CT molecular complexity index is 1000. The standard InChI is InChI=1S/C24H28N2O4/c1-5-15-13-26-9-8-16(15)10-21(26)23(27)19-12-22(30-24(28)14(2)3)25-20-7-6-17(29-4)11-18(19)20/h5-7,11-12,15-16,21,23,27H,1-2,8-10,13H2,3-4H3/t15-,16?,21-,23+/m0/s1. The zero-order valence-electron chi connectivity index (χ0n) is 17.5. The zero-order valence-corrected chi connectivity index (χ0v) is 17.5. The molecular weight excluding hydrogens is 380 g/mol. The average molecular weight is 408 g/mol. The number of esters is 1. The van der Waals surface area contributed by atoms with Crippen LogP contribution in [0.5, 0.6) is 11.6 Å². The van der Waals surface area contributed by atoms with Gasteiger partial charge in [0.15, 0.2) is 0 Å². The molecule has 0 saturated carbocycles. The number of piperidine rings is 3. The van der Waals surface area contributed by atoms with Crippen molar-refractivity contribution in [2.45, 2.75) is 31.9 Å². The molecule has 0 spiro atoms. The molecule has 0 radical (unpaired) electrons. The van der Waals surface area contributed by atoms with Crippen molar-refractivity contribution in [2.24, 2.45) is 11.8 Å². The van der Waals surface area contributed by atoms with Crippen LogP contribution in [0.4, 0.5) is 0 Å². The Morgan fingerprint density at radius 1 is 1.40 bits per heavy atom. The van der Waals surface area contributed by atoms with E-state index in [2.05, 4.69) is 23.0 Å². The first-order valence-corrected chi connectivity index (χ1v) is 10.3. The van der Waals surface area contributed by atoms with Crippen LogP contribution in [0, 0.1) is 11.8 Å². The van der Waals surface area contributed by atoms with Crippen molar-refractivity contribution in [3.8, 4) is 11.6 Å². The van der Waals surface area contributed by atoms with Crippen molar-refractivity contribution in [3.05, 3.63) is 54.6 Å². The normalized spacial score (nSPS) is 26.2. The summed E-state index contributed by atoms with van der Waals surface area (Å²) in [5.74, 6) is 1.32. The molecule has 1 N–H and O–H groups in total. The highest BCUT2D eigenvalue weighted by molar-refractivity contribution is 5.90. The quantitative estimate of drug-likeness (QED) is 0.447. The summed E-state index contributed by atoms with van der Waals surface area (Å²) in [6.45, 7) is 11.1. The first-order valence-electron chi connectivity index (χ1n) is 10.3. The summed E-state index contributed by atoms with van der Waals surface area (Å²) >= 11 is 0. The number of carbonyl (C=O) groups excluding carboxylic acids is 1. The maximum Gasteiger partial charge on any atom is 0.339 e. The van der Waals surface area contributed by atoms with Crippen LogP contribution >= 0.6 is 0 Å². The molecule has 3 aliphatic heterocycles. The van der Waals surface area contributed by atoms with Crippen molar-refractivity contribution in [1.29, 1.82) is 0 Å². The maximum atomic E-state index is 12.0. The van der Waals surface area contributed by atoms with Gasteiger partial charge in [-0.1, -0.05) is 12.7 Å². The van der Waals surface area contributed by atoms with Crippen molar-refractivity contribution in [1.82, 2.24) is 9.88 Å². The number of hydrogen-bond acceptors (Lipinski definition) is 6. The first kappa shape index (κ1) is 20.6. The Balaban J connectivity index is 1.74. The van der Waals surface area contributed by atoms with E-state index in [1.807, 2.05) is 18.2 Å². The van der Waals surface area contributed by atoms with E-state index in [1.54, 1.807) is 26.2 Å². The molecule has 5 rings (SSSR count). The van der Waals surface area contributed by atoms with E-state index < -0.39 is 12.1 Å². The van der Waals surface area contributed by atoms with Gasteiger partial charge in [-0.2, -0.15) is 0 Å². The highest BCUT2D eigenvalue weighted by Crippen LogP contribution is 2.42. The molecule has 1 aromatic heterocycles. The summed E-state index contributed by atoms with van der Waals surface area (Å²) in [5, 5.41) is 12.3. The average Bonchev–Trinajstić information content (AvgIpc) is 2.77. The van der Waals surface area contributed by atoms with E-state index in [1.165, 1.54) is 0 Å². The third-order valence-electron chi connectivity index (χ3n) is 6.41. The fourth-order valence-electron chi connectivity index (χ4n) is 4.72. The number of benzene rings is 1. The number of pyridine rings is 1. The van der Waals surface area contributed by atoms with Gasteiger partial charge in [-0.25, -0.2) is 9.78 Å². The summed E-state index contributed by atoms with van der Waals surface area (Å²) in [7, 11) is 1.61. The van der Waals surface area contributed by atoms with E-state index in [0.29, 0.717) is 34.2 Å². The molecule has 6 nitrogen and oxygen atoms in total. The second-order valence-corrected chi connectivity index (χ2v) is 8.29. The second kappa shape index (κ2) is 8.20. The minimum Gasteiger partial charge on any atom is -0.497 e. The van der Waals surface area contributed by atoms with Gasteiger partial charge in [-0.05, 0) is 61.9 Å². The zero-order chi connectivity index (χ0) is 21.4. The molecular formula is C24H28N2O4. The van der Waals surface area contributed by atoms with Crippen LogP contribution < -0.4 is 9.47 Å². The van der Waals surface area contributed by atoms with E-state index in [0.717, 1.165) is 31.3 Å². The highest BCUT2D eigenvalue weighted by atomic mass is 16.5. The van der Waals surface area contributed by atoms with Gasteiger partial charge in [0.1, 0.15) is 5.75 Å². The number of aromatic nitrogens is 1. The third kappa shape index (κ3) is 3.73. The lowest BCUT2D eigenvalue weighted by molar-refractivity contribution is -0.130. The van der Waals surface area contributed by atoms with Gasteiger partial charge < -0.3 is 14.6 Å². The lowest BCUT2D eigenvalue weighted by atomic mass is 9.73. The fraction of sp³-hybridized carbons (Fsp3) is 0.417. The number of nitrogens with zero attached hydrogens (tertiary/aromatic N) is 2. The topological polar surface area (TPSA) is 71.9 Å². The van der Waals surface area contributed by atoms with Crippen LogP contribution in [0.3, 0.4) is 0 Å². The molecule has 158 valence electrons. The molecule has 2 unspecified atom stereocenters. The van der Waals surface area contributed by atoms with Crippen molar-refractivity contribution >= 4 is 16.9 Å². The molecule has 30 heavy (non-hydrogen) atoms. The number of aliphatic hydroxyl groups is 1. The number of hydrogen-bond donors (Lipinski definition) is 1. The van der Waals surface area contributed by atoms with Gasteiger partial charge in [-0.15, -0.1) is 6.58 Å². The predicted octanol–water partition coefficient (Wildman–Crippen LogP) is 3.65. The molecule has 6 heteroatoms. The van der Waals surface area contributed by atoms with Gasteiger partial charge >= 0.3 is 5.97 Å². The smallest absolute Gasteiger partial charge is 0.339 e. The van der Waals surface area contributed by atoms with Crippen LogP contribution in [0.1, 0.15) is 31.4 Å². The van der Waals surface area contributed by atoms with Gasteiger partial charge in [0.25, 0.3) is 0 Å². The van der Waals surface area contributed by atoms with Gasteiger partial charge in [0.2, 0.25) is 5.88 Å². The number of rotatable bonds is 6. The third-order valence-corrected chi connectivity index (χ3v) is 6.41. The molecule has 3 aliphatic rings. The van der Waals surface area contributed by atoms with E-state index >= 15 is 0 Å². The maximum absolute atomic E-state index is 12.0.